The molecule has 0 aromatic carbocycles. The van der Waals surface area contributed by atoms with Gasteiger partial charge in [-0.2, -0.15) is 0 Å². The average Bonchev–Trinajstić information content (AvgIpc) is 2.56. The minimum Gasteiger partial charge on any atom is -0.301 e. The normalized spacial score (nSPS) is 11.6. The minimum absolute atomic E-state index is 0.123. The van der Waals surface area contributed by atoms with Crippen molar-refractivity contribution in [3.63, 3.8) is 0 Å². The molecule has 0 fully saturated rings. The quantitative estimate of drug-likeness (QED) is 0.135. The summed E-state index contributed by atoms with van der Waals surface area (Å²) in [7, 11) is -4.74. The number of hydrogen-bond donors (Lipinski definition) is 2. The molecule has 0 unspecified atom stereocenters. The van der Waals surface area contributed by atoms with E-state index in [1.807, 2.05) is 0 Å². The van der Waals surface area contributed by atoms with Gasteiger partial charge in [0.25, 0.3) is 0 Å². The zero-order valence-corrected chi connectivity index (χ0v) is 16.7. The minimum atomic E-state index is -4.74. The highest BCUT2D eigenvalue weighted by atomic mass is 31.2. The van der Waals surface area contributed by atoms with Crippen molar-refractivity contribution in [3.8, 4) is 0 Å². The molecule has 150 valence electrons. The predicted octanol–water partition coefficient (Wildman–Crippen LogP) is 5.82. The van der Waals surface area contributed by atoms with Crippen molar-refractivity contribution in [1.82, 2.24) is 0 Å². The predicted molar refractivity (Wildman–Crippen MR) is 98.8 cm³/mol. The summed E-state index contributed by atoms with van der Waals surface area (Å²) in [5.74, 6) is -0.738. The molecule has 0 saturated carbocycles. The highest BCUT2D eigenvalue weighted by Gasteiger charge is 2.18. The molecule has 0 aliphatic rings. The van der Waals surface area contributed by atoms with Crippen molar-refractivity contribution >= 4 is 13.8 Å². The highest BCUT2D eigenvalue weighted by molar-refractivity contribution is 7.46. The van der Waals surface area contributed by atoms with Gasteiger partial charge in [0.05, 0.1) is 0 Å². The van der Waals surface area contributed by atoms with Crippen molar-refractivity contribution in [3.05, 3.63) is 0 Å². The fraction of sp³-hybridized carbons (Fsp3) is 0.944. The lowest BCUT2D eigenvalue weighted by Crippen LogP contribution is -2.03. The van der Waals surface area contributed by atoms with E-state index >= 15 is 0 Å². The molecule has 0 aliphatic heterocycles. The molecule has 0 rings (SSSR count). The van der Waals surface area contributed by atoms with Crippen LogP contribution < -0.4 is 0 Å². The van der Waals surface area contributed by atoms with E-state index in [0.717, 1.165) is 12.8 Å². The number of rotatable bonds is 18. The van der Waals surface area contributed by atoms with Crippen molar-refractivity contribution in [1.29, 1.82) is 0 Å². The number of phosphoric acid groups is 1. The van der Waals surface area contributed by atoms with Crippen LogP contribution in [0.2, 0.25) is 0 Å². The Bertz CT molecular complexity index is 355. The first-order chi connectivity index (χ1) is 12.0. The average molecular weight is 380 g/mol. The Morgan fingerprint density at radius 3 is 1.44 bits per heavy atom. The van der Waals surface area contributed by atoms with Gasteiger partial charge in [-0.3, -0.25) is 4.89 Å². The molecule has 25 heavy (non-hydrogen) atoms. The molecule has 0 saturated heterocycles. The topological polar surface area (TPSA) is 93.1 Å². The second-order valence-corrected chi connectivity index (χ2v) is 7.85. The summed E-state index contributed by atoms with van der Waals surface area (Å²) in [5, 5.41) is 0. The summed E-state index contributed by atoms with van der Waals surface area (Å²) in [4.78, 5) is 31.9. The maximum Gasteiger partial charge on any atom is 0.505 e. The molecule has 6 nitrogen and oxygen atoms in total. The van der Waals surface area contributed by atoms with Gasteiger partial charge in [0.15, 0.2) is 0 Å². The van der Waals surface area contributed by atoms with E-state index in [-0.39, 0.29) is 6.42 Å². The van der Waals surface area contributed by atoms with Gasteiger partial charge >= 0.3 is 13.8 Å². The molecule has 0 bridgehead atoms. The van der Waals surface area contributed by atoms with E-state index < -0.39 is 13.8 Å². The standard InChI is InChI=1S/C18H37O6P/c1-2-3-4-5-6-7-8-9-10-11-12-13-14-15-16-17-18(19)23-24-25(20,21)22/h2-17H2,1H3,(H2,20,21,22). The zero-order chi connectivity index (χ0) is 18.8. The maximum absolute atomic E-state index is 11.1. The van der Waals surface area contributed by atoms with Crippen LogP contribution in [0.5, 0.6) is 0 Å². The molecule has 0 spiro atoms. The third kappa shape index (κ3) is 21.5. The SMILES string of the molecule is CCCCCCCCCCCCCCCCCC(=O)OOP(=O)(O)O. The van der Waals surface area contributed by atoms with Crippen molar-refractivity contribution < 1.29 is 28.7 Å². The summed E-state index contributed by atoms with van der Waals surface area (Å²) in [6.45, 7) is 2.25. The van der Waals surface area contributed by atoms with Crippen LogP contribution in [0, 0.1) is 0 Å². The Balaban J connectivity index is 3.16. The summed E-state index contributed by atoms with van der Waals surface area (Å²) >= 11 is 0. The Hall–Kier alpha value is -0.420. The first-order valence-corrected chi connectivity index (χ1v) is 11.4. The Morgan fingerprint density at radius 2 is 1.08 bits per heavy atom. The first kappa shape index (κ1) is 24.6. The lowest BCUT2D eigenvalue weighted by atomic mass is 10.0. The van der Waals surface area contributed by atoms with Crippen molar-refractivity contribution in [2.45, 2.75) is 110 Å². The van der Waals surface area contributed by atoms with Crippen LogP contribution in [-0.2, 0) is 18.9 Å². The smallest absolute Gasteiger partial charge is 0.301 e. The second kappa shape index (κ2) is 17.0. The highest BCUT2D eigenvalue weighted by Crippen LogP contribution is 2.36. The molecule has 0 radical (unpaired) electrons. The van der Waals surface area contributed by atoms with E-state index in [9.17, 15) is 9.36 Å². The van der Waals surface area contributed by atoms with E-state index in [0.29, 0.717) is 6.42 Å². The molecular weight excluding hydrogens is 343 g/mol. The summed E-state index contributed by atoms with van der Waals surface area (Å²) in [5.41, 5.74) is 0. The molecule has 0 aromatic heterocycles. The first-order valence-electron chi connectivity index (χ1n) is 9.90. The van der Waals surface area contributed by atoms with Gasteiger partial charge in [0, 0.05) is 6.42 Å². The van der Waals surface area contributed by atoms with Crippen LogP contribution in [0.4, 0.5) is 0 Å². The van der Waals surface area contributed by atoms with Crippen LogP contribution in [0.1, 0.15) is 110 Å². The summed E-state index contributed by atoms with van der Waals surface area (Å²) in [6.07, 6.45) is 18.8. The number of carbonyl (C=O) groups excluding carboxylic acids is 1. The van der Waals surface area contributed by atoms with Gasteiger partial charge in [0.2, 0.25) is 0 Å². The lowest BCUT2D eigenvalue weighted by Gasteiger charge is -2.04. The zero-order valence-electron chi connectivity index (χ0n) is 15.8. The Morgan fingerprint density at radius 1 is 0.720 bits per heavy atom. The number of carbonyl (C=O) groups is 1. The molecule has 7 heteroatoms. The summed E-state index contributed by atoms with van der Waals surface area (Å²) < 4.78 is 14.0. The van der Waals surface area contributed by atoms with E-state index in [4.69, 9.17) is 9.79 Å². The molecule has 0 aromatic rings. The van der Waals surface area contributed by atoms with Crippen LogP contribution in [0.3, 0.4) is 0 Å². The fourth-order valence-corrected chi connectivity index (χ4v) is 2.95. The largest absolute Gasteiger partial charge is 0.505 e. The third-order valence-electron chi connectivity index (χ3n) is 4.21. The molecular formula is C18H37O6P. The lowest BCUT2D eigenvalue weighted by molar-refractivity contribution is -0.222. The number of unbranched alkanes of at least 4 members (excludes halogenated alkanes) is 14. The van der Waals surface area contributed by atoms with Crippen LogP contribution in [0.15, 0.2) is 0 Å². The fourth-order valence-electron chi connectivity index (χ4n) is 2.77. The van der Waals surface area contributed by atoms with Gasteiger partial charge in [-0.25, -0.2) is 9.36 Å². The van der Waals surface area contributed by atoms with Crippen LogP contribution in [0.25, 0.3) is 0 Å². The molecule has 2 N–H and O–H groups in total. The van der Waals surface area contributed by atoms with E-state index in [1.165, 1.54) is 77.0 Å². The van der Waals surface area contributed by atoms with Gasteiger partial charge in [-0.1, -0.05) is 101 Å². The van der Waals surface area contributed by atoms with Gasteiger partial charge < -0.3 is 9.79 Å². The van der Waals surface area contributed by atoms with Crippen molar-refractivity contribution in [2.24, 2.45) is 0 Å². The van der Waals surface area contributed by atoms with Crippen LogP contribution in [-0.4, -0.2) is 15.8 Å². The van der Waals surface area contributed by atoms with Crippen molar-refractivity contribution in [2.75, 3.05) is 0 Å². The molecule has 0 heterocycles. The van der Waals surface area contributed by atoms with Crippen LogP contribution >= 0.6 is 7.82 Å². The molecule has 0 atom stereocenters. The summed E-state index contributed by atoms with van der Waals surface area (Å²) in [6, 6.07) is 0. The Kier molecular flexibility index (Phi) is 16.7. The second-order valence-electron chi connectivity index (χ2n) is 6.72. The molecule has 0 aliphatic carbocycles. The van der Waals surface area contributed by atoms with Gasteiger partial charge in [-0.05, 0) is 6.42 Å². The van der Waals surface area contributed by atoms with Gasteiger partial charge in [0.1, 0.15) is 0 Å². The number of hydrogen-bond acceptors (Lipinski definition) is 4. The third-order valence-corrected chi connectivity index (χ3v) is 4.48. The monoisotopic (exact) mass is 380 g/mol. The van der Waals surface area contributed by atoms with E-state index in [1.54, 1.807) is 0 Å². The van der Waals surface area contributed by atoms with Gasteiger partial charge in [-0.15, -0.1) is 0 Å². The maximum atomic E-state index is 11.1. The Labute approximate surface area is 152 Å². The van der Waals surface area contributed by atoms with E-state index in [2.05, 4.69) is 16.5 Å². The molecule has 0 amide bonds.